The lowest BCUT2D eigenvalue weighted by molar-refractivity contribution is -0.135. The highest BCUT2D eigenvalue weighted by Gasteiger charge is 2.21. The molecule has 0 fully saturated rings. The van der Waals surface area contributed by atoms with Gasteiger partial charge in [-0.3, -0.25) is 4.79 Å². The second-order valence-corrected chi connectivity index (χ2v) is 5.02. The molecule has 0 heterocycles. The Morgan fingerprint density at radius 2 is 1.68 bits per heavy atom. The van der Waals surface area contributed by atoms with Crippen molar-refractivity contribution in [3.8, 4) is 0 Å². The topological polar surface area (TPSA) is 49.6 Å². The molecule has 0 aromatic rings. The number of nitrogens with zero attached hydrogens (tertiary/aromatic N) is 2. The van der Waals surface area contributed by atoms with Gasteiger partial charge in [-0.2, -0.15) is 0 Å². The molecular formula is C15H33N3O. The Morgan fingerprint density at radius 3 is 2.11 bits per heavy atom. The Morgan fingerprint density at radius 1 is 1.05 bits per heavy atom. The van der Waals surface area contributed by atoms with E-state index in [0.29, 0.717) is 6.54 Å². The molecule has 0 aromatic heterocycles. The first kappa shape index (κ1) is 18.4. The van der Waals surface area contributed by atoms with Crippen LogP contribution in [0.4, 0.5) is 0 Å². The lowest BCUT2D eigenvalue weighted by Gasteiger charge is -2.27. The average Bonchev–Trinajstić information content (AvgIpc) is 2.44. The molecule has 0 saturated carbocycles. The molecule has 0 aliphatic heterocycles. The van der Waals surface area contributed by atoms with Crippen LogP contribution in [0.1, 0.15) is 47.0 Å². The monoisotopic (exact) mass is 271 g/mol. The van der Waals surface area contributed by atoms with Gasteiger partial charge < -0.3 is 15.5 Å². The number of carbonyl (C=O) groups is 1. The fraction of sp³-hybridized carbons (Fsp3) is 0.933. The van der Waals surface area contributed by atoms with Crippen LogP contribution in [0.2, 0.25) is 0 Å². The van der Waals surface area contributed by atoms with Crippen LogP contribution in [-0.2, 0) is 4.79 Å². The molecule has 0 rings (SSSR count). The van der Waals surface area contributed by atoms with Gasteiger partial charge in [-0.15, -0.1) is 0 Å². The normalized spacial score (nSPS) is 12.7. The van der Waals surface area contributed by atoms with E-state index in [0.717, 1.165) is 52.0 Å². The summed E-state index contributed by atoms with van der Waals surface area (Å²) in [7, 11) is 0. The van der Waals surface area contributed by atoms with Crippen molar-refractivity contribution in [1.29, 1.82) is 0 Å². The molecule has 0 aliphatic rings. The molecule has 0 radical (unpaired) electrons. The predicted octanol–water partition coefficient (Wildman–Crippen LogP) is 1.94. The second-order valence-electron chi connectivity index (χ2n) is 5.02. The van der Waals surface area contributed by atoms with Gasteiger partial charge in [0.05, 0.1) is 5.92 Å². The van der Waals surface area contributed by atoms with Crippen molar-refractivity contribution >= 4 is 5.91 Å². The summed E-state index contributed by atoms with van der Waals surface area (Å²) in [5.74, 6) is 0.254. The minimum Gasteiger partial charge on any atom is -0.343 e. The highest BCUT2D eigenvalue weighted by Crippen LogP contribution is 2.10. The minimum absolute atomic E-state index is 0.0124. The van der Waals surface area contributed by atoms with Gasteiger partial charge in [0, 0.05) is 19.6 Å². The van der Waals surface area contributed by atoms with Crippen molar-refractivity contribution in [3.05, 3.63) is 0 Å². The van der Waals surface area contributed by atoms with E-state index in [9.17, 15) is 4.79 Å². The van der Waals surface area contributed by atoms with Crippen LogP contribution in [0.3, 0.4) is 0 Å². The standard InChI is InChI=1S/C15H33N3O/c1-5-10-14(13-16)15(19)18(8-4)12-9-11-17(6-2)7-3/h14H,5-13,16H2,1-4H3. The second kappa shape index (κ2) is 11.2. The Hall–Kier alpha value is -0.610. The van der Waals surface area contributed by atoms with Gasteiger partial charge in [-0.05, 0) is 39.4 Å². The van der Waals surface area contributed by atoms with E-state index in [4.69, 9.17) is 5.73 Å². The third-order valence-electron chi connectivity index (χ3n) is 3.76. The zero-order chi connectivity index (χ0) is 14.7. The summed E-state index contributed by atoms with van der Waals surface area (Å²) in [4.78, 5) is 16.7. The lowest BCUT2D eigenvalue weighted by atomic mass is 10.0. The molecule has 114 valence electrons. The number of hydrogen-bond acceptors (Lipinski definition) is 3. The molecule has 0 aromatic carbocycles. The number of amides is 1. The van der Waals surface area contributed by atoms with Crippen LogP contribution in [-0.4, -0.2) is 55.0 Å². The zero-order valence-electron chi connectivity index (χ0n) is 13.3. The number of hydrogen-bond donors (Lipinski definition) is 1. The van der Waals surface area contributed by atoms with Crippen molar-refractivity contribution in [2.45, 2.75) is 47.0 Å². The summed E-state index contributed by atoms with van der Waals surface area (Å²) < 4.78 is 0. The van der Waals surface area contributed by atoms with Crippen molar-refractivity contribution in [3.63, 3.8) is 0 Å². The summed E-state index contributed by atoms with van der Waals surface area (Å²) >= 11 is 0. The summed E-state index contributed by atoms with van der Waals surface area (Å²) in [6.07, 6.45) is 2.97. The quantitative estimate of drug-likeness (QED) is 0.625. The van der Waals surface area contributed by atoms with E-state index in [-0.39, 0.29) is 11.8 Å². The molecule has 1 atom stereocenters. The first-order chi connectivity index (χ1) is 9.14. The summed E-state index contributed by atoms with van der Waals surface area (Å²) in [5, 5.41) is 0. The van der Waals surface area contributed by atoms with E-state index >= 15 is 0 Å². The first-order valence-corrected chi connectivity index (χ1v) is 7.85. The van der Waals surface area contributed by atoms with Gasteiger partial charge in [0.1, 0.15) is 0 Å². The third-order valence-corrected chi connectivity index (χ3v) is 3.76. The molecule has 0 aliphatic carbocycles. The molecule has 1 amide bonds. The Kier molecular flexibility index (Phi) is 10.9. The fourth-order valence-corrected chi connectivity index (χ4v) is 2.40. The van der Waals surface area contributed by atoms with Gasteiger partial charge >= 0.3 is 0 Å². The summed E-state index contributed by atoms with van der Waals surface area (Å²) in [6.45, 7) is 13.9. The number of rotatable bonds is 11. The highest BCUT2D eigenvalue weighted by molar-refractivity contribution is 5.79. The molecule has 0 bridgehead atoms. The van der Waals surface area contributed by atoms with Crippen LogP contribution in [0.25, 0.3) is 0 Å². The zero-order valence-corrected chi connectivity index (χ0v) is 13.3. The van der Waals surface area contributed by atoms with Crippen molar-refractivity contribution in [2.24, 2.45) is 11.7 Å². The maximum atomic E-state index is 12.3. The van der Waals surface area contributed by atoms with E-state index in [1.807, 2.05) is 4.90 Å². The lowest BCUT2D eigenvalue weighted by Crippen LogP contribution is -2.40. The number of nitrogens with two attached hydrogens (primary N) is 1. The fourth-order valence-electron chi connectivity index (χ4n) is 2.40. The van der Waals surface area contributed by atoms with E-state index in [1.165, 1.54) is 0 Å². The predicted molar refractivity (Wildman–Crippen MR) is 82.1 cm³/mol. The highest BCUT2D eigenvalue weighted by atomic mass is 16.2. The molecule has 4 nitrogen and oxygen atoms in total. The molecule has 1 unspecified atom stereocenters. The molecule has 4 heteroatoms. The van der Waals surface area contributed by atoms with E-state index < -0.39 is 0 Å². The largest absolute Gasteiger partial charge is 0.343 e. The van der Waals surface area contributed by atoms with Crippen LogP contribution in [0.15, 0.2) is 0 Å². The van der Waals surface area contributed by atoms with Crippen molar-refractivity contribution in [1.82, 2.24) is 9.80 Å². The van der Waals surface area contributed by atoms with Gasteiger partial charge in [-0.1, -0.05) is 27.2 Å². The van der Waals surface area contributed by atoms with Crippen LogP contribution < -0.4 is 5.73 Å². The van der Waals surface area contributed by atoms with Gasteiger partial charge in [0.2, 0.25) is 5.91 Å². The number of carbonyl (C=O) groups excluding carboxylic acids is 1. The molecule has 0 saturated heterocycles. The van der Waals surface area contributed by atoms with E-state index in [2.05, 4.69) is 32.6 Å². The van der Waals surface area contributed by atoms with Gasteiger partial charge in [0.15, 0.2) is 0 Å². The summed E-state index contributed by atoms with van der Waals surface area (Å²) in [6, 6.07) is 0. The van der Waals surface area contributed by atoms with E-state index in [1.54, 1.807) is 0 Å². The molecular weight excluding hydrogens is 238 g/mol. The molecule has 2 N–H and O–H groups in total. The molecule has 19 heavy (non-hydrogen) atoms. The van der Waals surface area contributed by atoms with Crippen molar-refractivity contribution < 1.29 is 4.79 Å². The Labute approximate surface area is 119 Å². The van der Waals surface area contributed by atoms with Gasteiger partial charge in [-0.25, -0.2) is 0 Å². The van der Waals surface area contributed by atoms with Crippen molar-refractivity contribution in [2.75, 3.05) is 39.3 Å². The SMILES string of the molecule is CCCC(CN)C(=O)N(CC)CCCN(CC)CC. The Balaban J connectivity index is 4.21. The first-order valence-electron chi connectivity index (χ1n) is 7.85. The van der Waals surface area contributed by atoms with Crippen LogP contribution in [0, 0.1) is 5.92 Å². The van der Waals surface area contributed by atoms with Crippen LogP contribution >= 0.6 is 0 Å². The summed E-state index contributed by atoms with van der Waals surface area (Å²) in [5.41, 5.74) is 5.72. The smallest absolute Gasteiger partial charge is 0.226 e. The van der Waals surface area contributed by atoms with Gasteiger partial charge in [0.25, 0.3) is 0 Å². The molecule has 0 spiro atoms. The average molecular weight is 271 g/mol. The minimum atomic E-state index is 0.0124. The Bertz CT molecular complexity index is 229. The third kappa shape index (κ3) is 6.92. The maximum absolute atomic E-state index is 12.3. The van der Waals surface area contributed by atoms with Crippen LogP contribution in [0.5, 0.6) is 0 Å². The maximum Gasteiger partial charge on any atom is 0.226 e.